The summed E-state index contributed by atoms with van der Waals surface area (Å²) in [7, 11) is 0. The third-order valence-electron chi connectivity index (χ3n) is 2.91. The fourth-order valence-corrected chi connectivity index (χ4v) is 2.65. The molecule has 1 aliphatic heterocycles. The first-order chi connectivity index (χ1) is 8.74. The van der Waals surface area contributed by atoms with Crippen LogP contribution < -0.4 is 10.6 Å². The van der Waals surface area contributed by atoms with Gasteiger partial charge in [0.05, 0.1) is 5.92 Å². The second-order valence-corrected chi connectivity index (χ2v) is 5.32. The number of anilines is 2. The Bertz CT molecular complexity index is 595. The van der Waals surface area contributed by atoms with E-state index in [-0.39, 0.29) is 11.8 Å². The van der Waals surface area contributed by atoms with Gasteiger partial charge in [0.15, 0.2) is 0 Å². The Balaban J connectivity index is 1.78. The molecular weight excluding hydrogens is 248 g/mol. The van der Waals surface area contributed by atoms with Crippen LogP contribution in [0.5, 0.6) is 0 Å². The van der Waals surface area contributed by atoms with E-state index >= 15 is 0 Å². The fourth-order valence-electron chi connectivity index (χ4n) is 2.06. The Morgan fingerprint density at radius 3 is 3.06 bits per heavy atom. The number of rotatable bonds is 2. The van der Waals surface area contributed by atoms with Gasteiger partial charge in [0, 0.05) is 12.2 Å². The number of nitrogens with one attached hydrogen (secondary N) is 2. The summed E-state index contributed by atoms with van der Waals surface area (Å²) >= 11 is 1.38. The lowest BCUT2D eigenvalue weighted by Gasteiger charge is -2.08. The van der Waals surface area contributed by atoms with Crippen molar-refractivity contribution in [3.63, 3.8) is 0 Å². The van der Waals surface area contributed by atoms with Gasteiger partial charge in [-0.05, 0) is 18.6 Å². The average Bonchev–Trinajstić information content (AvgIpc) is 2.95. The number of aryl methyl sites for hydroxylation is 1. The highest BCUT2D eigenvalue weighted by atomic mass is 32.1. The third-order valence-corrected chi connectivity index (χ3v) is 3.66. The van der Waals surface area contributed by atoms with Crippen LogP contribution in [-0.4, -0.2) is 22.6 Å². The molecule has 0 aliphatic carbocycles. The van der Waals surface area contributed by atoms with Gasteiger partial charge < -0.3 is 5.32 Å². The number of benzene rings is 1. The molecule has 2 N–H and O–H groups in total. The predicted molar refractivity (Wildman–Crippen MR) is 70.9 cm³/mol. The first kappa shape index (κ1) is 11.2. The number of carbonyl (C=O) groups excluding carboxylic acids is 1. The Kier molecular flexibility index (Phi) is 2.71. The Hall–Kier alpha value is -1.95. The molecule has 0 fully saturated rings. The number of amides is 1. The van der Waals surface area contributed by atoms with E-state index in [4.69, 9.17) is 0 Å². The highest BCUT2D eigenvalue weighted by Crippen LogP contribution is 2.31. The third kappa shape index (κ3) is 1.95. The topological polar surface area (TPSA) is 66.9 Å². The first-order valence-corrected chi connectivity index (χ1v) is 6.49. The van der Waals surface area contributed by atoms with E-state index in [1.165, 1.54) is 11.3 Å². The minimum Gasteiger partial charge on any atom is -0.384 e. The molecule has 0 spiro atoms. The zero-order chi connectivity index (χ0) is 12.5. The highest BCUT2D eigenvalue weighted by molar-refractivity contribution is 7.15. The minimum absolute atomic E-state index is 0.0383. The molecule has 1 unspecified atom stereocenters. The van der Waals surface area contributed by atoms with Gasteiger partial charge >= 0.3 is 0 Å². The number of fused-ring (bicyclic) bond motifs is 1. The van der Waals surface area contributed by atoms with E-state index in [9.17, 15) is 4.79 Å². The Labute approximate surface area is 108 Å². The molecule has 0 saturated heterocycles. The lowest BCUT2D eigenvalue weighted by molar-refractivity contribution is -0.117. The lowest BCUT2D eigenvalue weighted by atomic mass is 10.0. The van der Waals surface area contributed by atoms with Crippen LogP contribution in [0, 0.1) is 6.92 Å². The number of nitrogens with zero attached hydrogens (tertiary/aromatic N) is 2. The smallest absolute Gasteiger partial charge is 0.235 e. The summed E-state index contributed by atoms with van der Waals surface area (Å²) in [6.07, 6.45) is 0. The maximum absolute atomic E-state index is 12.2. The molecule has 3 rings (SSSR count). The molecule has 6 heteroatoms. The van der Waals surface area contributed by atoms with Crippen LogP contribution in [-0.2, 0) is 4.79 Å². The van der Waals surface area contributed by atoms with Crippen LogP contribution >= 0.6 is 11.3 Å². The molecule has 1 atom stereocenters. The standard InChI is InChI=1S/C12H12N4OS/c1-7-15-16-12(18-7)14-11(17)9-6-13-10-5-3-2-4-8(9)10/h2-5,9,13H,6H2,1H3,(H,14,16,17). The summed E-state index contributed by atoms with van der Waals surface area (Å²) in [5, 5.41) is 15.2. The van der Waals surface area contributed by atoms with Crippen molar-refractivity contribution in [2.75, 3.05) is 17.2 Å². The molecule has 2 aromatic rings. The zero-order valence-corrected chi connectivity index (χ0v) is 10.6. The number of hydrogen-bond donors (Lipinski definition) is 2. The maximum atomic E-state index is 12.2. The van der Waals surface area contributed by atoms with Crippen molar-refractivity contribution in [1.29, 1.82) is 0 Å². The van der Waals surface area contributed by atoms with Crippen molar-refractivity contribution in [1.82, 2.24) is 10.2 Å². The molecule has 18 heavy (non-hydrogen) atoms. The van der Waals surface area contributed by atoms with Crippen molar-refractivity contribution < 1.29 is 4.79 Å². The van der Waals surface area contributed by atoms with Crippen molar-refractivity contribution in [2.45, 2.75) is 12.8 Å². The van der Waals surface area contributed by atoms with E-state index in [0.29, 0.717) is 11.7 Å². The lowest BCUT2D eigenvalue weighted by Crippen LogP contribution is -2.22. The van der Waals surface area contributed by atoms with Gasteiger partial charge in [-0.3, -0.25) is 10.1 Å². The summed E-state index contributed by atoms with van der Waals surface area (Å²) in [4.78, 5) is 12.2. The predicted octanol–water partition coefficient (Wildman–Crippen LogP) is 1.99. The van der Waals surface area contributed by atoms with Gasteiger partial charge in [-0.15, -0.1) is 10.2 Å². The van der Waals surface area contributed by atoms with Crippen molar-refractivity contribution in [3.8, 4) is 0 Å². The summed E-state index contributed by atoms with van der Waals surface area (Å²) < 4.78 is 0. The SMILES string of the molecule is Cc1nnc(NC(=O)C2CNc3ccccc32)s1. The molecule has 1 amide bonds. The number of carbonyl (C=O) groups is 1. The van der Waals surface area contributed by atoms with E-state index in [1.54, 1.807) is 0 Å². The van der Waals surface area contributed by atoms with Crippen LogP contribution in [0.3, 0.4) is 0 Å². The number of para-hydroxylation sites is 1. The van der Waals surface area contributed by atoms with Gasteiger partial charge in [0.25, 0.3) is 0 Å². The van der Waals surface area contributed by atoms with Crippen LogP contribution in [0.25, 0.3) is 0 Å². The summed E-state index contributed by atoms with van der Waals surface area (Å²) in [6.45, 7) is 2.49. The molecule has 2 heterocycles. The Morgan fingerprint density at radius 1 is 1.44 bits per heavy atom. The minimum atomic E-state index is -0.162. The molecule has 92 valence electrons. The van der Waals surface area contributed by atoms with E-state index in [2.05, 4.69) is 20.8 Å². The number of hydrogen-bond acceptors (Lipinski definition) is 5. The molecule has 5 nitrogen and oxygen atoms in total. The van der Waals surface area contributed by atoms with Crippen molar-refractivity contribution in [2.24, 2.45) is 0 Å². The Morgan fingerprint density at radius 2 is 2.28 bits per heavy atom. The zero-order valence-electron chi connectivity index (χ0n) is 9.80. The van der Waals surface area contributed by atoms with Crippen LogP contribution in [0.2, 0.25) is 0 Å². The first-order valence-electron chi connectivity index (χ1n) is 5.68. The molecule has 1 aliphatic rings. The van der Waals surface area contributed by atoms with Gasteiger partial charge in [-0.1, -0.05) is 29.5 Å². The molecule has 1 aromatic carbocycles. The summed E-state index contributed by atoms with van der Waals surface area (Å²) in [5.74, 6) is -0.200. The fraction of sp³-hybridized carbons (Fsp3) is 0.250. The highest BCUT2D eigenvalue weighted by Gasteiger charge is 2.28. The monoisotopic (exact) mass is 260 g/mol. The van der Waals surface area contributed by atoms with Gasteiger partial charge in [-0.25, -0.2) is 0 Å². The quantitative estimate of drug-likeness (QED) is 0.866. The maximum Gasteiger partial charge on any atom is 0.235 e. The van der Waals surface area contributed by atoms with Crippen LogP contribution in [0.1, 0.15) is 16.5 Å². The van der Waals surface area contributed by atoms with Crippen LogP contribution in [0.4, 0.5) is 10.8 Å². The van der Waals surface area contributed by atoms with E-state index in [1.807, 2.05) is 31.2 Å². The summed E-state index contributed by atoms with van der Waals surface area (Å²) in [6, 6.07) is 7.87. The average molecular weight is 260 g/mol. The largest absolute Gasteiger partial charge is 0.384 e. The molecule has 0 saturated carbocycles. The van der Waals surface area contributed by atoms with E-state index < -0.39 is 0 Å². The molecule has 1 aromatic heterocycles. The van der Waals surface area contributed by atoms with E-state index in [0.717, 1.165) is 16.3 Å². The summed E-state index contributed by atoms with van der Waals surface area (Å²) in [5.41, 5.74) is 2.07. The van der Waals surface area contributed by atoms with Crippen molar-refractivity contribution >= 4 is 28.1 Å². The second-order valence-electron chi connectivity index (χ2n) is 4.14. The molecule has 0 bridgehead atoms. The van der Waals surface area contributed by atoms with Gasteiger partial charge in [0.2, 0.25) is 11.0 Å². The molecule has 0 radical (unpaired) electrons. The van der Waals surface area contributed by atoms with Crippen molar-refractivity contribution in [3.05, 3.63) is 34.8 Å². The second kappa shape index (κ2) is 4.38. The molecular formula is C12H12N4OS. The number of aromatic nitrogens is 2. The van der Waals surface area contributed by atoms with Gasteiger partial charge in [0.1, 0.15) is 5.01 Å². The van der Waals surface area contributed by atoms with Crippen LogP contribution in [0.15, 0.2) is 24.3 Å². The van der Waals surface area contributed by atoms with Gasteiger partial charge in [-0.2, -0.15) is 0 Å². The normalized spacial score (nSPS) is 17.1.